The Morgan fingerprint density at radius 2 is 2.31 bits per heavy atom. The number of nitrogens with two attached hydrogens (primary N) is 1. The minimum Gasteiger partial charge on any atom is -0.327 e. The van der Waals surface area contributed by atoms with E-state index < -0.39 is 0 Å². The number of thiophene rings is 1. The summed E-state index contributed by atoms with van der Waals surface area (Å²) in [6.45, 7) is 2.11. The summed E-state index contributed by atoms with van der Waals surface area (Å²) < 4.78 is 1.14. The SMILES string of the molecule is CCC(N)Cc1nc(-c2ccc(Br)s2)cs1. The summed E-state index contributed by atoms with van der Waals surface area (Å²) in [6, 6.07) is 4.37. The lowest BCUT2D eigenvalue weighted by molar-refractivity contribution is 0.644. The summed E-state index contributed by atoms with van der Waals surface area (Å²) >= 11 is 6.87. The largest absolute Gasteiger partial charge is 0.327 e. The molecule has 2 N–H and O–H groups in total. The molecule has 1 unspecified atom stereocenters. The van der Waals surface area contributed by atoms with Gasteiger partial charge in [-0.25, -0.2) is 4.98 Å². The fourth-order valence-corrected chi connectivity index (χ4v) is 3.65. The standard InChI is InChI=1S/C11H13BrN2S2/c1-2-7(13)5-11-14-8(6-15-11)9-3-4-10(12)16-9/h3-4,6-7H,2,5,13H2,1H3. The number of halogens is 1. The first kappa shape index (κ1) is 12.2. The molecule has 0 aliphatic rings. The van der Waals surface area contributed by atoms with Crippen LogP contribution in [0.3, 0.4) is 0 Å². The van der Waals surface area contributed by atoms with Crippen LogP contribution in [0.1, 0.15) is 18.4 Å². The van der Waals surface area contributed by atoms with Crippen LogP contribution < -0.4 is 5.73 Å². The number of thiazole rings is 1. The first-order valence-corrected chi connectivity index (χ1v) is 7.63. The van der Waals surface area contributed by atoms with Crippen LogP contribution in [0.15, 0.2) is 21.3 Å². The lowest BCUT2D eigenvalue weighted by atomic mass is 10.2. The average Bonchev–Trinajstić information content (AvgIpc) is 2.87. The van der Waals surface area contributed by atoms with Crippen molar-refractivity contribution >= 4 is 38.6 Å². The van der Waals surface area contributed by atoms with Crippen LogP contribution >= 0.6 is 38.6 Å². The van der Waals surface area contributed by atoms with Crippen molar-refractivity contribution in [1.82, 2.24) is 4.98 Å². The van der Waals surface area contributed by atoms with Gasteiger partial charge in [-0.05, 0) is 34.5 Å². The molecule has 0 fully saturated rings. The Bertz CT molecular complexity index is 464. The van der Waals surface area contributed by atoms with Gasteiger partial charge in [-0.2, -0.15) is 0 Å². The maximum absolute atomic E-state index is 5.92. The highest BCUT2D eigenvalue weighted by Gasteiger charge is 2.09. The van der Waals surface area contributed by atoms with Crippen molar-refractivity contribution < 1.29 is 0 Å². The molecule has 0 saturated heterocycles. The van der Waals surface area contributed by atoms with E-state index in [-0.39, 0.29) is 6.04 Å². The van der Waals surface area contributed by atoms with Crippen molar-refractivity contribution in [2.75, 3.05) is 0 Å². The Kier molecular flexibility index (Phi) is 4.13. The van der Waals surface area contributed by atoms with Crippen LogP contribution in [-0.2, 0) is 6.42 Å². The lowest BCUT2D eigenvalue weighted by Gasteiger charge is -2.04. The minimum absolute atomic E-state index is 0.231. The van der Waals surface area contributed by atoms with Crippen molar-refractivity contribution in [2.45, 2.75) is 25.8 Å². The van der Waals surface area contributed by atoms with Crippen LogP contribution in [0, 0.1) is 0 Å². The van der Waals surface area contributed by atoms with Gasteiger partial charge in [-0.3, -0.25) is 0 Å². The van der Waals surface area contributed by atoms with Crippen molar-refractivity contribution in [3.8, 4) is 10.6 Å². The highest BCUT2D eigenvalue weighted by Crippen LogP contribution is 2.32. The zero-order valence-corrected chi connectivity index (χ0v) is 12.2. The van der Waals surface area contributed by atoms with Crippen molar-refractivity contribution in [3.63, 3.8) is 0 Å². The van der Waals surface area contributed by atoms with E-state index in [4.69, 9.17) is 5.73 Å². The van der Waals surface area contributed by atoms with Gasteiger partial charge >= 0.3 is 0 Å². The molecule has 2 aromatic heterocycles. The first-order chi connectivity index (χ1) is 7.69. The van der Waals surface area contributed by atoms with Gasteiger partial charge in [-0.1, -0.05) is 6.92 Å². The van der Waals surface area contributed by atoms with Crippen molar-refractivity contribution in [2.24, 2.45) is 5.73 Å². The smallest absolute Gasteiger partial charge is 0.0948 e. The highest BCUT2D eigenvalue weighted by atomic mass is 79.9. The number of aromatic nitrogens is 1. The summed E-state index contributed by atoms with van der Waals surface area (Å²) in [7, 11) is 0. The highest BCUT2D eigenvalue weighted by molar-refractivity contribution is 9.11. The topological polar surface area (TPSA) is 38.9 Å². The van der Waals surface area contributed by atoms with Gasteiger partial charge in [0, 0.05) is 17.8 Å². The molecule has 0 bridgehead atoms. The van der Waals surface area contributed by atoms with Gasteiger partial charge < -0.3 is 5.73 Å². The quantitative estimate of drug-likeness (QED) is 0.928. The fourth-order valence-electron chi connectivity index (χ4n) is 1.34. The molecule has 2 nitrogen and oxygen atoms in total. The number of nitrogens with zero attached hydrogens (tertiary/aromatic N) is 1. The summed E-state index contributed by atoms with van der Waals surface area (Å²) in [4.78, 5) is 5.82. The van der Waals surface area contributed by atoms with E-state index in [9.17, 15) is 0 Å². The third-order valence-corrected chi connectivity index (χ3v) is 4.86. The van der Waals surface area contributed by atoms with Gasteiger partial charge in [0.05, 0.1) is 19.4 Å². The second-order valence-electron chi connectivity index (χ2n) is 3.60. The third-order valence-electron chi connectivity index (χ3n) is 2.34. The van der Waals surface area contributed by atoms with E-state index in [0.717, 1.165) is 27.3 Å². The van der Waals surface area contributed by atoms with Gasteiger partial charge in [0.2, 0.25) is 0 Å². The van der Waals surface area contributed by atoms with E-state index in [1.54, 1.807) is 22.7 Å². The zero-order valence-electron chi connectivity index (χ0n) is 8.94. The van der Waals surface area contributed by atoms with E-state index in [2.05, 4.69) is 45.4 Å². The third kappa shape index (κ3) is 2.91. The molecule has 0 aromatic carbocycles. The Morgan fingerprint density at radius 3 is 2.94 bits per heavy atom. The minimum atomic E-state index is 0.231. The van der Waals surface area contributed by atoms with Crippen LogP contribution in [0.2, 0.25) is 0 Å². The second kappa shape index (κ2) is 5.40. The van der Waals surface area contributed by atoms with E-state index in [0.29, 0.717) is 0 Å². The summed E-state index contributed by atoms with van der Waals surface area (Å²) in [5.41, 5.74) is 6.99. The van der Waals surface area contributed by atoms with E-state index >= 15 is 0 Å². The Balaban J connectivity index is 2.13. The molecule has 86 valence electrons. The molecule has 2 rings (SSSR count). The predicted molar refractivity (Wildman–Crippen MR) is 75.1 cm³/mol. The summed E-state index contributed by atoms with van der Waals surface area (Å²) in [5, 5.41) is 3.24. The van der Waals surface area contributed by atoms with Crippen LogP contribution in [0.4, 0.5) is 0 Å². The molecule has 0 aliphatic carbocycles. The first-order valence-electron chi connectivity index (χ1n) is 5.14. The van der Waals surface area contributed by atoms with Gasteiger partial charge in [0.15, 0.2) is 0 Å². The second-order valence-corrected chi connectivity index (χ2v) is 7.01. The molecule has 0 radical (unpaired) electrons. The average molecular weight is 317 g/mol. The van der Waals surface area contributed by atoms with Crippen molar-refractivity contribution in [3.05, 3.63) is 26.3 Å². The van der Waals surface area contributed by atoms with Crippen LogP contribution in [0.25, 0.3) is 10.6 Å². The molecule has 1 atom stereocenters. The molecule has 2 aromatic rings. The maximum atomic E-state index is 5.92. The van der Waals surface area contributed by atoms with Crippen LogP contribution in [-0.4, -0.2) is 11.0 Å². The predicted octanol–water partition coefficient (Wildman–Crippen LogP) is 3.91. The van der Waals surface area contributed by atoms with Crippen molar-refractivity contribution in [1.29, 1.82) is 0 Å². The molecular weight excluding hydrogens is 304 g/mol. The maximum Gasteiger partial charge on any atom is 0.0948 e. The number of hydrogen-bond acceptors (Lipinski definition) is 4. The Labute approximate surface area is 112 Å². The molecule has 5 heteroatoms. The molecule has 0 saturated carbocycles. The van der Waals surface area contributed by atoms with E-state index in [1.165, 1.54) is 4.88 Å². The number of rotatable bonds is 4. The molecule has 2 heterocycles. The summed E-state index contributed by atoms with van der Waals surface area (Å²) in [5.74, 6) is 0. The van der Waals surface area contributed by atoms with E-state index in [1.807, 2.05) is 0 Å². The van der Waals surface area contributed by atoms with Gasteiger partial charge in [-0.15, -0.1) is 22.7 Å². The lowest BCUT2D eigenvalue weighted by Crippen LogP contribution is -2.21. The Hall–Kier alpha value is -0.230. The molecule has 0 spiro atoms. The molecule has 16 heavy (non-hydrogen) atoms. The van der Waals surface area contributed by atoms with Crippen LogP contribution in [0.5, 0.6) is 0 Å². The normalized spacial score (nSPS) is 12.9. The summed E-state index contributed by atoms with van der Waals surface area (Å²) in [6.07, 6.45) is 1.88. The molecule has 0 aliphatic heterocycles. The van der Waals surface area contributed by atoms with Gasteiger partial charge in [0.25, 0.3) is 0 Å². The molecular formula is C11H13BrN2S2. The fraction of sp³-hybridized carbons (Fsp3) is 0.364. The molecule has 0 amide bonds. The van der Waals surface area contributed by atoms with Gasteiger partial charge in [0.1, 0.15) is 0 Å². The zero-order chi connectivity index (χ0) is 11.5. The monoisotopic (exact) mass is 316 g/mol. The number of hydrogen-bond donors (Lipinski definition) is 1. The Morgan fingerprint density at radius 1 is 1.50 bits per heavy atom.